The number of hydrogen-bond acceptors (Lipinski definition) is 2. The molecule has 0 aliphatic heterocycles. The Labute approximate surface area is 129 Å². The largest absolute Gasteiger partial charge is 0.370 e. The molecule has 0 fully saturated rings. The van der Waals surface area contributed by atoms with Crippen molar-refractivity contribution in [3.63, 3.8) is 0 Å². The molecule has 0 spiro atoms. The maximum absolute atomic E-state index is 6.45. The Kier molecular flexibility index (Phi) is 7.39. The summed E-state index contributed by atoms with van der Waals surface area (Å²) in [6, 6.07) is 6.96. The third kappa shape index (κ3) is 4.99. The van der Waals surface area contributed by atoms with Crippen LogP contribution in [0.25, 0.3) is 0 Å². The monoisotopic (exact) mass is 296 g/mol. The number of anilines is 1. The molecule has 20 heavy (non-hydrogen) atoms. The van der Waals surface area contributed by atoms with E-state index >= 15 is 0 Å². The molecule has 0 aliphatic carbocycles. The summed E-state index contributed by atoms with van der Waals surface area (Å²) in [7, 11) is 2.13. The predicted octanol–water partition coefficient (Wildman–Crippen LogP) is 4.71. The first-order chi connectivity index (χ1) is 9.49. The highest BCUT2D eigenvalue weighted by atomic mass is 35.5. The summed E-state index contributed by atoms with van der Waals surface area (Å²) < 4.78 is 0. The third-order valence-electron chi connectivity index (χ3n) is 3.76. The minimum absolute atomic E-state index is 0.553. The fourth-order valence-corrected chi connectivity index (χ4v) is 2.82. The van der Waals surface area contributed by atoms with Crippen molar-refractivity contribution in [3.8, 4) is 0 Å². The predicted molar refractivity (Wildman–Crippen MR) is 90.8 cm³/mol. The zero-order valence-electron chi connectivity index (χ0n) is 13.5. The van der Waals surface area contributed by atoms with Crippen LogP contribution < -0.4 is 10.2 Å². The molecule has 1 rings (SSSR count). The summed E-state index contributed by atoms with van der Waals surface area (Å²) in [5.41, 5.74) is 2.38. The molecule has 0 unspecified atom stereocenters. The Morgan fingerprint density at radius 2 is 1.85 bits per heavy atom. The van der Waals surface area contributed by atoms with Crippen molar-refractivity contribution >= 4 is 17.3 Å². The standard InChI is InChI=1S/C17H29ClN2/c1-6-15(7-2)20(5)17-9-8-14(10-16(17)18)12-19-11-13(3)4/h8-10,13,15,19H,6-7,11-12H2,1-5H3. The topological polar surface area (TPSA) is 15.3 Å². The Bertz CT molecular complexity index is 400. The molecule has 0 heterocycles. The lowest BCUT2D eigenvalue weighted by atomic mass is 10.1. The van der Waals surface area contributed by atoms with Gasteiger partial charge in [0.25, 0.3) is 0 Å². The number of nitrogens with one attached hydrogen (secondary N) is 1. The van der Waals surface area contributed by atoms with Gasteiger partial charge >= 0.3 is 0 Å². The van der Waals surface area contributed by atoms with Gasteiger partial charge in [0.1, 0.15) is 0 Å². The lowest BCUT2D eigenvalue weighted by Gasteiger charge is -2.29. The maximum Gasteiger partial charge on any atom is 0.0642 e. The van der Waals surface area contributed by atoms with Gasteiger partial charge in [-0.25, -0.2) is 0 Å². The molecule has 0 amide bonds. The van der Waals surface area contributed by atoms with Gasteiger partial charge in [-0.1, -0.05) is 45.4 Å². The van der Waals surface area contributed by atoms with E-state index < -0.39 is 0 Å². The number of nitrogens with zero attached hydrogens (tertiary/aromatic N) is 1. The second-order valence-corrected chi connectivity index (χ2v) is 6.30. The van der Waals surface area contributed by atoms with E-state index in [0.29, 0.717) is 12.0 Å². The van der Waals surface area contributed by atoms with E-state index in [-0.39, 0.29) is 0 Å². The SMILES string of the molecule is CCC(CC)N(C)c1ccc(CNCC(C)C)cc1Cl. The average molecular weight is 297 g/mol. The quantitative estimate of drug-likeness (QED) is 0.747. The van der Waals surface area contributed by atoms with Crippen LogP contribution in [0.5, 0.6) is 0 Å². The molecule has 0 atom stereocenters. The summed E-state index contributed by atoms with van der Waals surface area (Å²) in [6.45, 7) is 10.8. The van der Waals surface area contributed by atoms with Gasteiger partial charge < -0.3 is 10.2 Å². The van der Waals surface area contributed by atoms with E-state index in [1.54, 1.807) is 0 Å². The van der Waals surface area contributed by atoms with Crippen molar-refractivity contribution in [2.24, 2.45) is 5.92 Å². The molecule has 0 aromatic heterocycles. The van der Waals surface area contributed by atoms with Gasteiger partial charge in [-0.05, 0) is 43.0 Å². The minimum atomic E-state index is 0.553. The molecule has 0 saturated heterocycles. The van der Waals surface area contributed by atoms with E-state index in [0.717, 1.165) is 36.6 Å². The first kappa shape index (κ1) is 17.3. The number of rotatable bonds is 8. The summed E-state index contributed by atoms with van der Waals surface area (Å²) in [5.74, 6) is 0.672. The van der Waals surface area contributed by atoms with E-state index in [1.165, 1.54) is 5.56 Å². The number of benzene rings is 1. The van der Waals surface area contributed by atoms with Crippen molar-refractivity contribution in [1.82, 2.24) is 5.32 Å². The van der Waals surface area contributed by atoms with Gasteiger partial charge in [-0.3, -0.25) is 0 Å². The molecular formula is C17H29ClN2. The van der Waals surface area contributed by atoms with E-state index in [4.69, 9.17) is 11.6 Å². The van der Waals surface area contributed by atoms with Crippen LogP contribution >= 0.6 is 11.6 Å². The molecule has 0 radical (unpaired) electrons. The van der Waals surface area contributed by atoms with Crippen LogP contribution in [0.4, 0.5) is 5.69 Å². The first-order valence-electron chi connectivity index (χ1n) is 7.71. The normalized spacial score (nSPS) is 11.4. The third-order valence-corrected chi connectivity index (χ3v) is 4.07. The first-order valence-corrected chi connectivity index (χ1v) is 8.09. The van der Waals surface area contributed by atoms with Crippen molar-refractivity contribution in [2.75, 3.05) is 18.5 Å². The minimum Gasteiger partial charge on any atom is -0.370 e. The van der Waals surface area contributed by atoms with E-state index in [1.807, 2.05) is 0 Å². The van der Waals surface area contributed by atoms with Gasteiger partial charge in [-0.15, -0.1) is 0 Å². The molecular weight excluding hydrogens is 268 g/mol. The van der Waals surface area contributed by atoms with Crippen LogP contribution in [0.2, 0.25) is 5.02 Å². The van der Waals surface area contributed by atoms with Crippen LogP contribution in [0.15, 0.2) is 18.2 Å². The fourth-order valence-electron chi connectivity index (χ4n) is 2.48. The van der Waals surface area contributed by atoms with Crippen LogP contribution in [-0.2, 0) is 6.54 Å². The molecule has 0 aliphatic rings. The Morgan fingerprint density at radius 3 is 2.35 bits per heavy atom. The van der Waals surface area contributed by atoms with E-state index in [9.17, 15) is 0 Å². The summed E-state index contributed by atoms with van der Waals surface area (Å²) >= 11 is 6.45. The van der Waals surface area contributed by atoms with E-state index in [2.05, 4.69) is 63.2 Å². The van der Waals surface area contributed by atoms with Gasteiger partial charge in [0.15, 0.2) is 0 Å². The zero-order chi connectivity index (χ0) is 15.1. The van der Waals surface area contributed by atoms with Crippen molar-refractivity contribution in [1.29, 1.82) is 0 Å². The molecule has 1 aromatic carbocycles. The molecule has 114 valence electrons. The fraction of sp³-hybridized carbons (Fsp3) is 0.647. The Morgan fingerprint density at radius 1 is 1.20 bits per heavy atom. The van der Waals surface area contributed by atoms with Crippen LogP contribution in [0.3, 0.4) is 0 Å². The van der Waals surface area contributed by atoms with Crippen LogP contribution in [0.1, 0.15) is 46.1 Å². The van der Waals surface area contributed by atoms with Gasteiger partial charge in [0.05, 0.1) is 10.7 Å². The van der Waals surface area contributed by atoms with Gasteiger partial charge in [0.2, 0.25) is 0 Å². The van der Waals surface area contributed by atoms with Crippen molar-refractivity contribution in [2.45, 2.75) is 53.1 Å². The van der Waals surface area contributed by atoms with Crippen molar-refractivity contribution < 1.29 is 0 Å². The molecule has 2 nitrogen and oxygen atoms in total. The number of halogens is 1. The summed E-state index contributed by atoms with van der Waals surface area (Å²) in [6.07, 6.45) is 2.28. The summed E-state index contributed by atoms with van der Waals surface area (Å²) in [5, 5.41) is 4.30. The Balaban J connectivity index is 2.72. The number of hydrogen-bond donors (Lipinski definition) is 1. The second kappa shape index (κ2) is 8.53. The molecule has 3 heteroatoms. The molecule has 1 N–H and O–H groups in total. The maximum atomic E-state index is 6.45. The van der Waals surface area contributed by atoms with Crippen LogP contribution in [0, 0.1) is 5.92 Å². The average Bonchev–Trinajstić information content (AvgIpc) is 2.39. The lowest BCUT2D eigenvalue weighted by molar-refractivity contribution is 0.552. The zero-order valence-corrected chi connectivity index (χ0v) is 14.3. The highest BCUT2D eigenvalue weighted by molar-refractivity contribution is 6.33. The lowest BCUT2D eigenvalue weighted by Crippen LogP contribution is -2.30. The second-order valence-electron chi connectivity index (χ2n) is 5.89. The van der Waals surface area contributed by atoms with Crippen LogP contribution in [-0.4, -0.2) is 19.6 Å². The molecule has 1 aromatic rings. The smallest absolute Gasteiger partial charge is 0.0642 e. The molecule has 0 bridgehead atoms. The van der Waals surface area contributed by atoms with Crippen molar-refractivity contribution in [3.05, 3.63) is 28.8 Å². The molecule has 0 saturated carbocycles. The Hall–Kier alpha value is -0.730. The highest BCUT2D eigenvalue weighted by Crippen LogP contribution is 2.28. The van der Waals surface area contributed by atoms with Gasteiger partial charge in [-0.2, -0.15) is 0 Å². The van der Waals surface area contributed by atoms with Gasteiger partial charge in [0, 0.05) is 19.6 Å². The highest BCUT2D eigenvalue weighted by Gasteiger charge is 2.14. The summed E-state index contributed by atoms with van der Waals surface area (Å²) in [4.78, 5) is 2.30.